The number of nitrogens with zero attached hydrogens (tertiary/aromatic N) is 2. The predicted molar refractivity (Wildman–Crippen MR) is 81.4 cm³/mol. The molecule has 0 N–H and O–H groups in total. The maximum Gasteiger partial charge on any atom is 0.0642 e. The van der Waals surface area contributed by atoms with E-state index in [-0.39, 0.29) is 0 Å². The number of morpholine rings is 1. The lowest BCUT2D eigenvalue weighted by atomic mass is 9.94. The highest BCUT2D eigenvalue weighted by molar-refractivity contribution is 5.50. The van der Waals surface area contributed by atoms with E-state index in [1.807, 2.05) is 0 Å². The number of benzene rings is 1. The fourth-order valence-electron chi connectivity index (χ4n) is 4.10. The van der Waals surface area contributed by atoms with Crippen LogP contribution in [0, 0.1) is 5.92 Å². The molecule has 2 atom stereocenters. The Morgan fingerprint density at radius 3 is 2.60 bits per heavy atom. The molecule has 3 heteroatoms. The molecule has 0 bridgehead atoms. The van der Waals surface area contributed by atoms with Crippen LogP contribution in [0.15, 0.2) is 24.3 Å². The van der Waals surface area contributed by atoms with E-state index in [0.717, 1.165) is 32.2 Å². The van der Waals surface area contributed by atoms with Gasteiger partial charge in [0.15, 0.2) is 0 Å². The first-order chi connectivity index (χ1) is 9.82. The molecule has 1 aromatic rings. The number of piperidine rings is 1. The van der Waals surface area contributed by atoms with Gasteiger partial charge >= 0.3 is 0 Å². The van der Waals surface area contributed by atoms with Crippen molar-refractivity contribution in [1.29, 1.82) is 0 Å². The largest absolute Gasteiger partial charge is 0.378 e. The van der Waals surface area contributed by atoms with Crippen molar-refractivity contribution in [2.24, 2.45) is 5.92 Å². The van der Waals surface area contributed by atoms with Gasteiger partial charge in [0, 0.05) is 37.3 Å². The topological polar surface area (TPSA) is 15.7 Å². The van der Waals surface area contributed by atoms with Crippen LogP contribution in [0.1, 0.15) is 18.9 Å². The Morgan fingerprint density at radius 1 is 1.20 bits per heavy atom. The second-order valence-electron chi connectivity index (χ2n) is 6.53. The number of likely N-dealkylation sites (N-methyl/N-ethyl adjacent to an activating group) is 1. The zero-order valence-electron chi connectivity index (χ0n) is 12.3. The fourth-order valence-corrected chi connectivity index (χ4v) is 4.10. The fraction of sp³-hybridized carbons (Fsp3) is 0.647. The summed E-state index contributed by atoms with van der Waals surface area (Å²) in [5.74, 6) is 0.914. The lowest BCUT2D eigenvalue weighted by Crippen LogP contribution is -2.36. The van der Waals surface area contributed by atoms with E-state index >= 15 is 0 Å². The summed E-state index contributed by atoms with van der Waals surface area (Å²) in [6.07, 6.45) is 1.40. The van der Waals surface area contributed by atoms with E-state index in [2.05, 4.69) is 41.0 Å². The third-order valence-corrected chi connectivity index (χ3v) is 5.48. The lowest BCUT2D eigenvalue weighted by Gasteiger charge is -2.29. The van der Waals surface area contributed by atoms with Gasteiger partial charge in [-0.15, -0.1) is 0 Å². The minimum Gasteiger partial charge on any atom is -0.378 e. The van der Waals surface area contributed by atoms with E-state index in [0.29, 0.717) is 5.41 Å². The van der Waals surface area contributed by atoms with Gasteiger partial charge in [-0.1, -0.05) is 19.1 Å². The molecule has 3 fully saturated rings. The Hall–Kier alpha value is -1.06. The highest BCUT2D eigenvalue weighted by atomic mass is 16.5. The first-order valence-corrected chi connectivity index (χ1v) is 7.97. The average Bonchev–Trinajstić information content (AvgIpc) is 3.10. The van der Waals surface area contributed by atoms with E-state index in [1.165, 1.54) is 31.7 Å². The van der Waals surface area contributed by atoms with E-state index < -0.39 is 0 Å². The molecule has 2 heterocycles. The quantitative estimate of drug-likeness (QED) is 0.838. The van der Waals surface area contributed by atoms with E-state index in [4.69, 9.17) is 4.74 Å². The van der Waals surface area contributed by atoms with Crippen LogP contribution in [0.3, 0.4) is 0 Å². The molecule has 108 valence electrons. The molecule has 0 radical (unpaired) electrons. The van der Waals surface area contributed by atoms with Crippen molar-refractivity contribution in [3.8, 4) is 0 Å². The van der Waals surface area contributed by atoms with Crippen molar-refractivity contribution in [2.75, 3.05) is 50.8 Å². The first-order valence-electron chi connectivity index (χ1n) is 7.97. The Labute approximate surface area is 121 Å². The normalized spacial score (nSPS) is 33.2. The number of hydrogen-bond donors (Lipinski definition) is 0. The van der Waals surface area contributed by atoms with Crippen molar-refractivity contribution in [1.82, 2.24) is 4.90 Å². The van der Waals surface area contributed by atoms with Crippen LogP contribution < -0.4 is 4.90 Å². The van der Waals surface area contributed by atoms with Crippen LogP contribution in [-0.4, -0.2) is 50.8 Å². The number of hydrogen-bond acceptors (Lipinski definition) is 3. The molecule has 0 spiro atoms. The maximum absolute atomic E-state index is 5.43. The molecule has 1 saturated carbocycles. The van der Waals surface area contributed by atoms with Gasteiger partial charge in [0.25, 0.3) is 0 Å². The van der Waals surface area contributed by atoms with Crippen molar-refractivity contribution < 1.29 is 4.74 Å². The molecule has 2 aliphatic heterocycles. The Balaban J connectivity index is 1.51. The van der Waals surface area contributed by atoms with Crippen LogP contribution in [0.2, 0.25) is 0 Å². The Morgan fingerprint density at radius 2 is 1.95 bits per heavy atom. The van der Waals surface area contributed by atoms with Gasteiger partial charge in [0.2, 0.25) is 0 Å². The smallest absolute Gasteiger partial charge is 0.0642 e. The minimum atomic E-state index is 0.500. The predicted octanol–water partition coefficient (Wildman–Crippen LogP) is 2.12. The molecule has 3 aliphatic rings. The van der Waals surface area contributed by atoms with Gasteiger partial charge in [-0.05, 0) is 36.6 Å². The van der Waals surface area contributed by atoms with Gasteiger partial charge in [0.05, 0.1) is 13.2 Å². The van der Waals surface area contributed by atoms with Gasteiger partial charge in [-0.3, -0.25) is 0 Å². The van der Waals surface area contributed by atoms with Crippen LogP contribution in [0.25, 0.3) is 0 Å². The molecule has 1 aliphatic carbocycles. The van der Waals surface area contributed by atoms with Crippen LogP contribution in [-0.2, 0) is 10.2 Å². The van der Waals surface area contributed by atoms with Gasteiger partial charge in [-0.2, -0.15) is 0 Å². The highest BCUT2D eigenvalue weighted by Gasteiger charge is 2.60. The number of likely N-dealkylation sites (tertiary alicyclic amines) is 1. The Bertz CT molecular complexity index is 480. The SMILES string of the molecule is CCN1CC2C[C@]2(c2ccc(N3CCOCC3)cc2)C1. The molecule has 2 saturated heterocycles. The zero-order valence-corrected chi connectivity index (χ0v) is 12.3. The van der Waals surface area contributed by atoms with E-state index in [9.17, 15) is 0 Å². The summed E-state index contributed by atoms with van der Waals surface area (Å²) in [5, 5.41) is 0. The maximum atomic E-state index is 5.43. The molecule has 0 aromatic heterocycles. The summed E-state index contributed by atoms with van der Waals surface area (Å²) < 4.78 is 5.43. The molecular weight excluding hydrogens is 248 g/mol. The average molecular weight is 272 g/mol. The third-order valence-electron chi connectivity index (χ3n) is 5.48. The molecule has 1 unspecified atom stereocenters. The van der Waals surface area contributed by atoms with Gasteiger partial charge in [0.1, 0.15) is 0 Å². The molecule has 1 aromatic carbocycles. The van der Waals surface area contributed by atoms with Crippen LogP contribution >= 0.6 is 0 Å². The number of ether oxygens (including phenoxy) is 1. The summed E-state index contributed by atoms with van der Waals surface area (Å²) in [5.41, 5.74) is 3.42. The molecule has 4 rings (SSSR count). The first kappa shape index (κ1) is 12.7. The monoisotopic (exact) mass is 272 g/mol. The zero-order chi connectivity index (χ0) is 13.6. The number of anilines is 1. The molecule has 3 nitrogen and oxygen atoms in total. The summed E-state index contributed by atoms with van der Waals surface area (Å²) in [6, 6.07) is 9.40. The lowest BCUT2D eigenvalue weighted by molar-refractivity contribution is 0.122. The second-order valence-corrected chi connectivity index (χ2v) is 6.53. The van der Waals surface area contributed by atoms with E-state index in [1.54, 1.807) is 5.56 Å². The summed E-state index contributed by atoms with van der Waals surface area (Å²) in [6.45, 7) is 9.82. The standard InChI is InChI=1S/C17H24N2O/c1-2-18-12-15-11-17(15,13-18)14-3-5-16(6-4-14)19-7-9-20-10-8-19/h3-6,15H,2,7-13H2,1H3/t15?,17-/m1/s1. The molecular formula is C17H24N2O. The number of rotatable bonds is 3. The summed E-state index contributed by atoms with van der Waals surface area (Å²) in [4.78, 5) is 5.03. The van der Waals surface area contributed by atoms with Crippen molar-refractivity contribution in [3.63, 3.8) is 0 Å². The Kier molecular flexibility index (Phi) is 3.00. The van der Waals surface area contributed by atoms with Crippen molar-refractivity contribution >= 4 is 5.69 Å². The number of fused-ring (bicyclic) bond motifs is 1. The van der Waals surface area contributed by atoms with Crippen molar-refractivity contribution in [3.05, 3.63) is 29.8 Å². The molecule has 0 amide bonds. The second kappa shape index (κ2) is 4.74. The minimum absolute atomic E-state index is 0.500. The third kappa shape index (κ3) is 1.95. The molecule has 20 heavy (non-hydrogen) atoms. The van der Waals surface area contributed by atoms with Crippen LogP contribution in [0.4, 0.5) is 5.69 Å². The summed E-state index contributed by atoms with van der Waals surface area (Å²) >= 11 is 0. The van der Waals surface area contributed by atoms with Crippen molar-refractivity contribution in [2.45, 2.75) is 18.8 Å². The van der Waals surface area contributed by atoms with Gasteiger partial charge in [-0.25, -0.2) is 0 Å². The van der Waals surface area contributed by atoms with Crippen LogP contribution in [0.5, 0.6) is 0 Å². The highest BCUT2D eigenvalue weighted by Crippen LogP contribution is 2.58. The van der Waals surface area contributed by atoms with Gasteiger partial charge < -0.3 is 14.5 Å². The summed E-state index contributed by atoms with van der Waals surface area (Å²) in [7, 11) is 0.